The average molecular weight is 427 g/mol. The molecule has 0 unspecified atom stereocenters. The Balaban J connectivity index is 1.80. The average Bonchev–Trinajstić information content (AvgIpc) is 3.06. The molecule has 2 aliphatic rings. The van der Waals surface area contributed by atoms with E-state index in [1.807, 2.05) is 18.7 Å². The molecular weight excluding hydrogens is 403 g/mol. The van der Waals surface area contributed by atoms with E-state index in [0.29, 0.717) is 24.7 Å². The van der Waals surface area contributed by atoms with Crippen molar-refractivity contribution in [3.63, 3.8) is 0 Å². The summed E-state index contributed by atoms with van der Waals surface area (Å²) in [5.74, 6) is 0.630. The molecule has 2 aromatic rings. The van der Waals surface area contributed by atoms with Crippen molar-refractivity contribution in [1.82, 2.24) is 14.7 Å². The number of anilines is 2. The lowest BCUT2D eigenvalue weighted by atomic mass is 10.1. The minimum atomic E-state index is -4.48. The van der Waals surface area contributed by atoms with Crippen LogP contribution in [0.2, 0.25) is 0 Å². The number of hydrogen-bond donors (Lipinski definition) is 0. The first-order chi connectivity index (χ1) is 14.1. The Hall–Kier alpha value is -2.56. The van der Waals surface area contributed by atoms with E-state index in [1.165, 1.54) is 10.6 Å². The Kier molecular flexibility index (Phi) is 5.25. The highest BCUT2D eigenvalue weighted by Crippen LogP contribution is 2.35. The van der Waals surface area contributed by atoms with Crippen molar-refractivity contribution in [2.45, 2.75) is 64.6 Å². The molecule has 2 aliphatic heterocycles. The number of fused-ring (bicyclic) bond motifs is 1. The molecule has 2 aromatic heterocycles. The van der Waals surface area contributed by atoms with Gasteiger partial charge in [0, 0.05) is 18.7 Å². The van der Waals surface area contributed by atoms with Crippen molar-refractivity contribution in [2.24, 2.45) is 0 Å². The number of ether oxygens (including phenoxy) is 1. The second kappa shape index (κ2) is 7.60. The molecule has 0 spiro atoms. The molecule has 11 heteroatoms. The molecule has 3 atom stereocenters. The third kappa shape index (κ3) is 3.78. The third-order valence-electron chi connectivity index (χ3n) is 5.55. The van der Waals surface area contributed by atoms with Crippen molar-refractivity contribution in [3.05, 3.63) is 33.9 Å². The molecule has 1 fully saturated rings. The smallest absolute Gasteiger partial charge is 0.377 e. The molecule has 0 N–H and O–H groups in total. The number of morpholine rings is 1. The lowest BCUT2D eigenvalue weighted by Gasteiger charge is -2.42. The fourth-order valence-electron chi connectivity index (χ4n) is 4.23. The molecule has 0 aromatic carbocycles. The van der Waals surface area contributed by atoms with Crippen molar-refractivity contribution < 1.29 is 22.4 Å². The van der Waals surface area contributed by atoms with Gasteiger partial charge >= 0.3 is 6.18 Å². The second-order valence-corrected chi connectivity index (χ2v) is 7.96. The monoisotopic (exact) mass is 427 g/mol. The summed E-state index contributed by atoms with van der Waals surface area (Å²) in [7, 11) is 0. The fraction of sp³-hybridized carbons (Fsp3) is 0.632. The van der Waals surface area contributed by atoms with E-state index >= 15 is 0 Å². The van der Waals surface area contributed by atoms with Crippen LogP contribution in [-0.4, -0.2) is 52.2 Å². The van der Waals surface area contributed by atoms with E-state index < -0.39 is 12.2 Å². The zero-order valence-corrected chi connectivity index (χ0v) is 17.0. The maximum Gasteiger partial charge on any atom is 0.408 e. The van der Waals surface area contributed by atoms with Crippen LogP contribution in [0.3, 0.4) is 0 Å². The minimum absolute atomic E-state index is 0.00831. The summed E-state index contributed by atoms with van der Waals surface area (Å²) in [6, 6.07) is 1.09. The van der Waals surface area contributed by atoms with E-state index in [4.69, 9.17) is 9.26 Å². The molecule has 8 nitrogen and oxygen atoms in total. The zero-order valence-electron chi connectivity index (χ0n) is 17.0. The van der Waals surface area contributed by atoms with Crippen LogP contribution in [0.1, 0.15) is 31.7 Å². The van der Waals surface area contributed by atoms with E-state index in [-0.39, 0.29) is 48.9 Å². The largest absolute Gasteiger partial charge is 0.408 e. The van der Waals surface area contributed by atoms with Gasteiger partial charge in [-0.25, -0.2) is 0 Å². The Morgan fingerprint density at radius 2 is 1.90 bits per heavy atom. The van der Waals surface area contributed by atoms with Gasteiger partial charge in [0.15, 0.2) is 5.76 Å². The van der Waals surface area contributed by atoms with Gasteiger partial charge in [0.1, 0.15) is 11.9 Å². The van der Waals surface area contributed by atoms with Crippen LogP contribution in [0.4, 0.5) is 24.9 Å². The summed E-state index contributed by atoms with van der Waals surface area (Å²) in [5, 5.41) is 3.76. The van der Waals surface area contributed by atoms with Gasteiger partial charge in [-0.1, -0.05) is 5.16 Å². The van der Waals surface area contributed by atoms with Gasteiger partial charge in [-0.3, -0.25) is 9.36 Å². The second-order valence-electron chi connectivity index (χ2n) is 7.96. The van der Waals surface area contributed by atoms with Crippen LogP contribution in [-0.2, 0) is 17.8 Å². The minimum Gasteiger partial charge on any atom is -0.377 e. The van der Waals surface area contributed by atoms with Crippen molar-refractivity contribution >= 4 is 11.8 Å². The van der Waals surface area contributed by atoms with Gasteiger partial charge in [-0.2, -0.15) is 18.2 Å². The Bertz CT molecular complexity index is 963. The molecule has 30 heavy (non-hydrogen) atoms. The van der Waals surface area contributed by atoms with Crippen LogP contribution in [0.15, 0.2) is 21.5 Å². The summed E-state index contributed by atoms with van der Waals surface area (Å²) in [4.78, 5) is 20.4. The molecule has 4 heterocycles. The van der Waals surface area contributed by atoms with Crippen LogP contribution >= 0.6 is 0 Å². The van der Waals surface area contributed by atoms with E-state index in [2.05, 4.69) is 10.1 Å². The van der Waals surface area contributed by atoms with E-state index in [1.54, 1.807) is 13.0 Å². The van der Waals surface area contributed by atoms with Gasteiger partial charge in [-0.15, -0.1) is 0 Å². The van der Waals surface area contributed by atoms with Gasteiger partial charge in [0.2, 0.25) is 5.95 Å². The number of aromatic nitrogens is 3. The first-order valence-corrected chi connectivity index (χ1v) is 9.88. The van der Waals surface area contributed by atoms with Crippen LogP contribution < -0.4 is 15.4 Å². The molecule has 0 bridgehead atoms. The number of alkyl halides is 3. The molecule has 0 amide bonds. The Labute approximate surface area is 171 Å². The van der Waals surface area contributed by atoms with Crippen LogP contribution in [0.25, 0.3) is 0 Å². The molecular formula is C19H24F3N5O3. The predicted octanol–water partition coefficient (Wildman–Crippen LogP) is 2.49. The number of aryl methyl sites for hydroxylation is 1. The summed E-state index contributed by atoms with van der Waals surface area (Å²) >= 11 is 0. The molecule has 0 saturated carbocycles. The van der Waals surface area contributed by atoms with E-state index in [9.17, 15) is 18.0 Å². The highest BCUT2D eigenvalue weighted by molar-refractivity contribution is 5.48. The molecule has 164 valence electrons. The van der Waals surface area contributed by atoms with Crippen LogP contribution in [0.5, 0.6) is 0 Å². The number of nitrogens with zero attached hydrogens (tertiary/aromatic N) is 5. The molecule has 4 rings (SSSR count). The maximum absolute atomic E-state index is 13.8. The van der Waals surface area contributed by atoms with Crippen LogP contribution in [0, 0.1) is 6.92 Å². The summed E-state index contributed by atoms with van der Waals surface area (Å²) in [5.41, 5.74) is 0.195. The van der Waals surface area contributed by atoms with Gasteiger partial charge in [0.25, 0.3) is 5.56 Å². The highest BCUT2D eigenvalue weighted by Gasteiger charge is 2.47. The zero-order chi connectivity index (χ0) is 21.6. The topological polar surface area (TPSA) is 76.6 Å². The number of halogens is 3. The lowest BCUT2D eigenvalue weighted by molar-refractivity contribution is -0.153. The van der Waals surface area contributed by atoms with E-state index in [0.717, 1.165) is 4.90 Å². The number of hydrogen-bond acceptors (Lipinski definition) is 7. The van der Waals surface area contributed by atoms with Gasteiger partial charge < -0.3 is 19.1 Å². The summed E-state index contributed by atoms with van der Waals surface area (Å²) in [6.45, 7) is 6.23. The molecule has 0 radical (unpaired) electrons. The summed E-state index contributed by atoms with van der Waals surface area (Å²) in [6.07, 6.45) is -4.72. The summed E-state index contributed by atoms with van der Waals surface area (Å²) < 4.78 is 53.5. The quantitative estimate of drug-likeness (QED) is 0.745. The Morgan fingerprint density at radius 3 is 2.50 bits per heavy atom. The third-order valence-corrected chi connectivity index (χ3v) is 5.55. The van der Waals surface area contributed by atoms with Crippen molar-refractivity contribution in [3.8, 4) is 0 Å². The van der Waals surface area contributed by atoms with Crippen molar-refractivity contribution in [2.75, 3.05) is 23.0 Å². The van der Waals surface area contributed by atoms with Crippen molar-refractivity contribution in [1.29, 1.82) is 0 Å². The molecule has 1 saturated heterocycles. The first kappa shape index (κ1) is 20.7. The fourth-order valence-corrected chi connectivity index (χ4v) is 4.23. The lowest BCUT2D eigenvalue weighted by Crippen LogP contribution is -2.53. The standard InChI is InChI=1S/C19H24F3N5O3/c1-11-6-14(30-24-11)8-26-15(19(20,21)22)4-5-25-17(28)7-16(23-18(25)26)27-12(2)9-29-10-13(27)3/h6-7,12-13,15H,4-5,8-10H2,1-3H3/t12-,13-,15+/m1/s1. The Morgan fingerprint density at radius 1 is 1.20 bits per heavy atom. The predicted molar refractivity (Wildman–Crippen MR) is 103 cm³/mol. The maximum atomic E-state index is 13.8. The normalized spacial score (nSPS) is 24.8. The number of rotatable bonds is 3. The molecule has 0 aliphatic carbocycles. The SMILES string of the molecule is Cc1cc(CN2c3nc(N4[C@H](C)COC[C@H]4C)cc(=O)n3CC[C@H]2C(F)(F)F)on1. The van der Waals surface area contributed by atoms with Gasteiger partial charge in [-0.05, 0) is 27.2 Å². The first-order valence-electron chi connectivity index (χ1n) is 9.88. The highest BCUT2D eigenvalue weighted by atomic mass is 19.4. The van der Waals surface area contributed by atoms with Gasteiger partial charge in [0.05, 0.1) is 37.5 Å².